The van der Waals surface area contributed by atoms with E-state index in [1.165, 1.54) is 51.5 Å². The second-order valence-electron chi connectivity index (χ2n) is 5.81. The van der Waals surface area contributed by atoms with E-state index < -0.39 is 0 Å². The van der Waals surface area contributed by atoms with Crippen molar-refractivity contribution in [3.63, 3.8) is 0 Å². The van der Waals surface area contributed by atoms with Gasteiger partial charge in [0, 0.05) is 26.2 Å². The molecule has 1 aliphatic rings. The largest absolute Gasteiger partial charge is 0.329 e. The fraction of sp³-hybridized carbons (Fsp3) is 1.00. The summed E-state index contributed by atoms with van der Waals surface area (Å²) in [5.41, 5.74) is 5.42. The molecule has 1 aliphatic carbocycles. The van der Waals surface area contributed by atoms with Crippen molar-refractivity contribution < 1.29 is 0 Å². The average molecular weight is 255 g/mol. The molecule has 0 aromatic rings. The predicted molar refractivity (Wildman–Crippen MR) is 79.8 cm³/mol. The fourth-order valence-corrected chi connectivity index (χ4v) is 3.02. The molecule has 0 bridgehead atoms. The Morgan fingerprint density at radius 3 is 2.44 bits per heavy atom. The van der Waals surface area contributed by atoms with Crippen LogP contribution in [-0.2, 0) is 0 Å². The summed E-state index contributed by atoms with van der Waals surface area (Å²) in [4.78, 5) is 0. The highest BCUT2D eigenvalue weighted by Gasteiger charge is 2.18. The first-order chi connectivity index (χ1) is 8.84. The van der Waals surface area contributed by atoms with Crippen LogP contribution in [0, 0.1) is 11.8 Å². The van der Waals surface area contributed by atoms with Crippen LogP contribution >= 0.6 is 0 Å². The molecule has 0 heterocycles. The lowest BCUT2D eigenvalue weighted by molar-refractivity contribution is 0.309. The molecule has 0 amide bonds. The molecular weight excluding hydrogens is 222 g/mol. The average Bonchev–Trinajstić information content (AvgIpc) is 2.58. The smallest absolute Gasteiger partial charge is 0.00772 e. The Kier molecular flexibility index (Phi) is 9.54. The molecule has 1 fully saturated rings. The third kappa shape index (κ3) is 7.34. The highest BCUT2D eigenvalue weighted by molar-refractivity contribution is 4.71. The molecule has 3 nitrogen and oxygen atoms in total. The topological polar surface area (TPSA) is 50.1 Å². The van der Waals surface area contributed by atoms with Crippen molar-refractivity contribution in [1.29, 1.82) is 0 Å². The maximum atomic E-state index is 5.42. The highest BCUT2D eigenvalue weighted by Crippen LogP contribution is 2.31. The van der Waals surface area contributed by atoms with Crippen molar-refractivity contribution in [2.24, 2.45) is 17.6 Å². The van der Waals surface area contributed by atoms with E-state index in [0.717, 1.165) is 38.0 Å². The lowest BCUT2D eigenvalue weighted by atomic mass is 9.86. The zero-order chi connectivity index (χ0) is 13.1. The molecule has 0 aromatic carbocycles. The van der Waals surface area contributed by atoms with Crippen molar-refractivity contribution in [2.45, 2.75) is 51.9 Å². The summed E-state index contributed by atoms with van der Waals surface area (Å²) < 4.78 is 0. The Balaban J connectivity index is 1.93. The second-order valence-corrected chi connectivity index (χ2v) is 5.81. The molecule has 0 saturated heterocycles. The van der Waals surface area contributed by atoms with Crippen molar-refractivity contribution in [1.82, 2.24) is 10.6 Å². The predicted octanol–water partition coefficient (Wildman–Crippen LogP) is 2.12. The molecule has 0 radical (unpaired) electrons. The minimum atomic E-state index is 0.736. The Bertz CT molecular complexity index is 185. The first-order valence-electron chi connectivity index (χ1n) is 7.96. The lowest BCUT2D eigenvalue weighted by Gasteiger charge is -2.21. The number of hydrogen-bond donors (Lipinski definition) is 3. The minimum Gasteiger partial charge on any atom is -0.329 e. The number of nitrogens with two attached hydrogens (primary N) is 1. The molecule has 4 N–H and O–H groups in total. The van der Waals surface area contributed by atoms with E-state index in [1.54, 1.807) is 0 Å². The van der Waals surface area contributed by atoms with Crippen LogP contribution in [0.25, 0.3) is 0 Å². The molecule has 1 rings (SSSR count). The Morgan fingerprint density at radius 2 is 1.67 bits per heavy atom. The zero-order valence-electron chi connectivity index (χ0n) is 12.2. The number of nitrogens with one attached hydrogen (secondary N) is 2. The standard InChI is InChI=1S/C15H33N3/c1-14-6-3-2-4-7-15(14)8-5-10-17-12-13-18-11-9-16/h14-15,17-18H,2-13,16H2,1H3. The van der Waals surface area contributed by atoms with Gasteiger partial charge in [-0.1, -0.05) is 39.0 Å². The summed E-state index contributed by atoms with van der Waals surface area (Å²) in [7, 11) is 0. The molecule has 18 heavy (non-hydrogen) atoms. The van der Waals surface area contributed by atoms with E-state index in [9.17, 15) is 0 Å². The summed E-state index contributed by atoms with van der Waals surface area (Å²) in [6, 6.07) is 0. The van der Waals surface area contributed by atoms with Crippen LogP contribution in [0.1, 0.15) is 51.9 Å². The van der Waals surface area contributed by atoms with Gasteiger partial charge >= 0.3 is 0 Å². The first-order valence-corrected chi connectivity index (χ1v) is 7.96. The van der Waals surface area contributed by atoms with Gasteiger partial charge in [0.1, 0.15) is 0 Å². The van der Waals surface area contributed by atoms with Gasteiger partial charge in [0.05, 0.1) is 0 Å². The molecule has 2 atom stereocenters. The van der Waals surface area contributed by atoms with Crippen LogP contribution in [0.3, 0.4) is 0 Å². The van der Waals surface area contributed by atoms with Crippen LogP contribution < -0.4 is 16.4 Å². The molecular formula is C15H33N3. The molecule has 0 spiro atoms. The Hall–Kier alpha value is -0.120. The highest BCUT2D eigenvalue weighted by atomic mass is 14.9. The van der Waals surface area contributed by atoms with E-state index in [-0.39, 0.29) is 0 Å². The van der Waals surface area contributed by atoms with Gasteiger partial charge in [-0.05, 0) is 31.2 Å². The normalized spacial score (nSPS) is 25.0. The van der Waals surface area contributed by atoms with Crippen molar-refractivity contribution in [3.05, 3.63) is 0 Å². The van der Waals surface area contributed by atoms with Crippen LogP contribution in [0.2, 0.25) is 0 Å². The van der Waals surface area contributed by atoms with E-state index >= 15 is 0 Å². The van der Waals surface area contributed by atoms with Crippen molar-refractivity contribution in [2.75, 3.05) is 32.7 Å². The van der Waals surface area contributed by atoms with Gasteiger partial charge in [-0.2, -0.15) is 0 Å². The second kappa shape index (κ2) is 10.8. The van der Waals surface area contributed by atoms with E-state index in [1.807, 2.05) is 0 Å². The monoisotopic (exact) mass is 255 g/mol. The Morgan fingerprint density at radius 1 is 0.944 bits per heavy atom. The van der Waals surface area contributed by atoms with Gasteiger partial charge in [0.15, 0.2) is 0 Å². The molecule has 108 valence electrons. The first kappa shape index (κ1) is 15.9. The van der Waals surface area contributed by atoms with Gasteiger partial charge in [0.2, 0.25) is 0 Å². The van der Waals surface area contributed by atoms with Crippen molar-refractivity contribution in [3.8, 4) is 0 Å². The summed E-state index contributed by atoms with van der Waals surface area (Å²) in [6.45, 7) is 7.41. The third-order valence-electron chi connectivity index (χ3n) is 4.27. The van der Waals surface area contributed by atoms with Crippen LogP contribution in [-0.4, -0.2) is 32.7 Å². The van der Waals surface area contributed by atoms with Gasteiger partial charge in [-0.25, -0.2) is 0 Å². The molecule has 1 saturated carbocycles. The fourth-order valence-electron chi connectivity index (χ4n) is 3.02. The maximum absolute atomic E-state index is 5.42. The van der Waals surface area contributed by atoms with Crippen LogP contribution in [0.15, 0.2) is 0 Å². The van der Waals surface area contributed by atoms with Crippen molar-refractivity contribution >= 4 is 0 Å². The third-order valence-corrected chi connectivity index (χ3v) is 4.27. The molecule has 0 aliphatic heterocycles. The quantitative estimate of drug-likeness (QED) is 0.437. The van der Waals surface area contributed by atoms with Crippen LogP contribution in [0.4, 0.5) is 0 Å². The summed E-state index contributed by atoms with van der Waals surface area (Å²) >= 11 is 0. The SMILES string of the molecule is CC1CCCCCC1CCCNCCNCCN. The van der Waals surface area contributed by atoms with Gasteiger partial charge < -0.3 is 16.4 Å². The lowest BCUT2D eigenvalue weighted by Crippen LogP contribution is -2.31. The van der Waals surface area contributed by atoms with Crippen LogP contribution in [0.5, 0.6) is 0 Å². The summed E-state index contributed by atoms with van der Waals surface area (Å²) in [5, 5.41) is 6.81. The molecule has 3 heteroatoms. The number of hydrogen-bond acceptors (Lipinski definition) is 3. The van der Waals surface area contributed by atoms with E-state index in [0.29, 0.717) is 0 Å². The van der Waals surface area contributed by atoms with Gasteiger partial charge in [0.25, 0.3) is 0 Å². The summed E-state index contributed by atoms with van der Waals surface area (Å²) in [5.74, 6) is 1.95. The van der Waals surface area contributed by atoms with Gasteiger partial charge in [-0.15, -0.1) is 0 Å². The van der Waals surface area contributed by atoms with Gasteiger partial charge in [-0.3, -0.25) is 0 Å². The van der Waals surface area contributed by atoms with E-state index in [4.69, 9.17) is 5.73 Å². The van der Waals surface area contributed by atoms with E-state index in [2.05, 4.69) is 17.6 Å². The molecule has 0 aromatic heterocycles. The number of rotatable bonds is 9. The minimum absolute atomic E-state index is 0.736. The maximum Gasteiger partial charge on any atom is 0.00772 e. The zero-order valence-corrected chi connectivity index (χ0v) is 12.2. The molecule has 2 unspecified atom stereocenters. The summed E-state index contributed by atoms with van der Waals surface area (Å²) in [6.07, 6.45) is 10.1. The Labute approximate surface area is 113 Å².